The first-order chi connectivity index (χ1) is 14.7. The number of halogens is 1. The fraction of sp³-hybridized carbons (Fsp3) is 0.286. The van der Waals surface area contributed by atoms with Gasteiger partial charge in [-0.1, -0.05) is 15.9 Å². The zero-order valence-corrected chi connectivity index (χ0v) is 19.1. The molecule has 160 valence electrons. The molecule has 0 saturated heterocycles. The van der Waals surface area contributed by atoms with Gasteiger partial charge < -0.3 is 15.2 Å². The van der Waals surface area contributed by atoms with E-state index in [9.17, 15) is 4.79 Å². The van der Waals surface area contributed by atoms with Gasteiger partial charge in [0.05, 0.1) is 24.0 Å². The van der Waals surface area contributed by atoms with Gasteiger partial charge in [0.15, 0.2) is 11.2 Å². The molecule has 3 aromatic heterocycles. The van der Waals surface area contributed by atoms with Crippen LogP contribution in [0.25, 0.3) is 33.5 Å². The van der Waals surface area contributed by atoms with Gasteiger partial charge in [-0.3, -0.25) is 0 Å². The summed E-state index contributed by atoms with van der Waals surface area (Å²) in [4.78, 5) is 30.4. The molecule has 0 bridgehead atoms. The number of nitrogens with two attached hydrogens (primary N) is 1. The van der Waals surface area contributed by atoms with Crippen molar-refractivity contribution in [1.29, 1.82) is 0 Å². The first kappa shape index (κ1) is 21.0. The average Bonchev–Trinajstić information content (AvgIpc) is 3.05. The molecule has 0 fully saturated rings. The van der Waals surface area contributed by atoms with E-state index in [1.165, 1.54) is 10.8 Å². The molecule has 4 rings (SSSR count). The monoisotopic (exact) mass is 484 g/mol. The van der Waals surface area contributed by atoms with E-state index in [0.29, 0.717) is 34.7 Å². The Labute approximate surface area is 186 Å². The van der Waals surface area contributed by atoms with E-state index in [1.54, 1.807) is 0 Å². The summed E-state index contributed by atoms with van der Waals surface area (Å²) in [6.45, 7) is 7.67. The standard InChI is InChI=1S/C21H21BrN6O3/c1-5-30-18-16-17(26-19(23)27-18)24-10-13(25-16)15-9-11-8-12(22)6-7-14(11)28(15)20(29)31-21(2,3)4/h6-10H,5H2,1-4H3,(H2,23,24,26,27). The number of carbonyl (C=O) groups is 1. The van der Waals surface area contributed by atoms with Gasteiger partial charge in [0, 0.05) is 9.86 Å². The van der Waals surface area contributed by atoms with Crippen LogP contribution in [0.15, 0.2) is 34.9 Å². The predicted octanol–water partition coefficient (Wildman–Crippen LogP) is 4.57. The first-order valence-corrected chi connectivity index (χ1v) is 10.4. The summed E-state index contributed by atoms with van der Waals surface area (Å²) in [5.41, 5.74) is 7.41. The molecule has 0 amide bonds. The van der Waals surface area contributed by atoms with Crippen molar-refractivity contribution in [3.8, 4) is 17.3 Å². The van der Waals surface area contributed by atoms with Gasteiger partial charge in [-0.25, -0.2) is 19.3 Å². The smallest absolute Gasteiger partial charge is 0.419 e. The third kappa shape index (κ3) is 4.15. The number of aromatic nitrogens is 5. The Morgan fingerprint density at radius 2 is 1.97 bits per heavy atom. The van der Waals surface area contributed by atoms with Crippen LogP contribution in [0.1, 0.15) is 27.7 Å². The van der Waals surface area contributed by atoms with Crippen LogP contribution in [0, 0.1) is 0 Å². The van der Waals surface area contributed by atoms with Gasteiger partial charge in [0.25, 0.3) is 0 Å². The van der Waals surface area contributed by atoms with Gasteiger partial charge in [-0.05, 0) is 52.0 Å². The Morgan fingerprint density at radius 3 is 2.68 bits per heavy atom. The second-order valence-corrected chi connectivity index (χ2v) is 8.71. The van der Waals surface area contributed by atoms with Crippen molar-refractivity contribution in [1.82, 2.24) is 24.5 Å². The van der Waals surface area contributed by atoms with Gasteiger partial charge in [-0.15, -0.1) is 0 Å². The molecule has 0 radical (unpaired) electrons. The largest absolute Gasteiger partial charge is 0.476 e. The number of benzene rings is 1. The summed E-state index contributed by atoms with van der Waals surface area (Å²) in [6.07, 6.45) is 1.02. The van der Waals surface area contributed by atoms with Gasteiger partial charge in [-0.2, -0.15) is 9.97 Å². The van der Waals surface area contributed by atoms with E-state index < -0.39 is 11.7 Å². The Balaban J connectivity index is 1.95. The number of hydrogen-bond acceptors (Lipinski definition) is 8. The van der Waals surface area contributed by atoms with Gasteiger partial charge >= 0.3 is 6.09 Å². The highest BCUT2D eigenvalue weighted by Crippen LogP contribution is 2.31. The highest BCUT2D eigenvalue weighted by Gasteiger charge is 2.24. The second-order valence-electron chi connectivity index (χ2n) is 7.80. The SMILES string of the molecule is CCOc1nc(N)nc2ncc(-c3cc4cc(Br)ccc4n3C(=O)OC(C)(C)C)nc12. The summed E-state index contributed by atoms with van der Waals surface area (Å²) in [5, 5.41) is 0.843. The molecule has 2 N–H and O–H groups in total. The molecule has 31 heavy (non-hydrogen) atoms. The molecular weight excluding hydrogens is 464 g/mol. The molecule has 1 aromatic carbocycles. The van der Waals surface area contributed by atoms with Crippen LogP contribution in [0.2, 0.25) is 0 Å². The lowest BCUT2D eigenvalue weighted by atomic mass is 10.2. The van der Waals surface area contributed by atoms with Crippen molar-refractivity contribution in [2.75, 3.05) is 12.3 Å². The van der Waals surface area contributed by atoms with Crippen LogP contribution < -0.4 is 10.5 Å². The number of nitrogen functional groups attached to an aromatic ring is 1. The van der Waals surface area contributed by atoms with E-state index in [2.05, 4.69) is 35.9 Å². The van der Waals surface area contributed by atoms with E-state index in [0.717, 1.165) is 9.86 Å². The molecule has 9 nitrogen and oxygen atoms in total. The molecule has 0 aliphatic carbocycles. The molecule has 0 aliphatic rings. The Hall–Kier alpha value is -3.27. The quantitative estimate of drug-likeness (QED) is 0.449. The van der Waals surface area contributed by atoms with Crippen LogP contribution in [0.5, 0.6) is 5.88 Å². The zero-order valence-electron chi connectivity index (χ0n) is 17.5. The summed E-state index contributed by atoms with van der Waals surface area (Å²) in [5.74, 6) is 0.285. The van der Waals surface area contributed by atoms with Crippen molar-refractivity contribution in [2.45, 2.75) is 33.3 Å². The summed E-state index contributed by atoms with van der Waals surface area (Å²) in [7, 11) is 0. The zero-order chi connectivity index (χ0) is 22.3. The van der Waals surface area contributed by atoms with Crippen LogP contribution in [-0.2, 0) is 4.74 Å². The van der Waals surface area contributed by atoms with E-state index in [-0.39, 0.29) is 11.8 Å². The van der Waals surface area contributed by atoms with Crippen molar-refractivity contribution >= 4 is 50.0 Å². The summed E-state index contributed by atoms with van der Waals surface area (Å²) >= 11 is 3.48. The Bertz CT molecular complexity index is 1310. The molecule has 0 saturated carbocycles. The number of rotatable bonds is 3. The molecule has 10 heteroatoms. The number of ether oxygens (including phenoxy) is 2. The van der Waals surface area contributed by atoms with Crippen LogP contribution in [0.3, 0.4) is 0 Å². The normalized spacial score (nSPS) is 11.8. The third-order valence-electron chi connectivity index (χ3n) is 4.28. The second kappa shape index (κ2) is 7.77. The number of nitrogens with zero attached hydrogens (tertiary/aromatic N) is 5. The van der Waals surface area contributed by atoms with E-state index in [4.69, 9.17) is 15.2 Å². The van der Waals surface area contributed by atoms with Crippen molar-refractivity contribution < 1.29 is 14.3 Å². The number of anilines is 1. The fourth-order valence-electron chi connectivity index (χ4n) is 3.14. The average molecular weight is 485 g/mol. The Kier molecular flexibility index (Phi) is 5.26. The van der Waals surface area contributed by atoms with E-state index in [1.807, 2.05) is 52.0 Å². The molecule has 4 aromatic rings. The third-order valence-corrected chi connectivity index (χ3v) is 4.77. The van der Waals surface area contributed by atoms with Gasteiger partial charge in [0.2, 0.25) is 11.8 Å². The minimum absolute atomic E-state index is 0.0470. The number of fused-ring (bicyclic) bond motifs is 2. The molecular formula is C21H21BrN6O3. The minimum atomic E-state index is -0.664. The van der Waals surface area contributed by atoms with Crippen molar-refractivity contribution in [3.63, 3.8) is 0 Å². The number of hydrogen-bond donors (Lipinski definition) is 1. The van der Waals surface area contributed by atoms with Gasteiger partial charge in [0.1, 0.15) is 11.3 Å². The maximum atomic E-state index is 13.1. The lowest BCUT2D eigenvalue weighted by Crippen LogP contribution is -2.27. The lowest BCUT2D eigenvalue weighted by Gasteiger charge is -2.21. The molecule has 0 unspecified atom stereocenters. The van der Waals surface area contributed by atoms with Crippen LogP contribution >= 0.6 is 15.9 Å². The summed E-state index contributed by atoms with van der Waals surface area (Å²) < 4.78 is 13.6. The lowest BCUT2D eigenvalue weighted by molar-refractivity contribution is 0.0547. The van der Waals surface area contributed by atoms with Crippen molar-refractivity contribution in [2.24, 2.45) is 0 Å². The fourth-order valence-corrected chi connectivity index (χ4v) is 3.52. The van der Waals surface area contributed by atoms with Crippen molar-refractivity contribution in [3.05, 3.63) is 34.9 Å². The maximum Gasteiger partial charge on any atom is 0.419 e. The first-order valence-electron chi connectivity index (χ1n) is 9.64. The van der Waals surface area contributed by atoms with Crippen LogP contribution in [-0.4, -0.2) is 42.8 Å². The highest BCUT2D eigenvalue weighted by molar-refractivity contribution is 9.10. The number of carbonyl (C=O) groups excluding carboxylic acids is 1. The summed E-state index contributed by atoms with van der Waals surface area (Å²) in [6, 6.07) is 7.49. The topological polar surface area (TPSA) is 118 Å². The maximum absolute atomic E-state index is 13.1. The highest BCUT2D eigenvalue weighted by atomic mass is 79.9. The molecule has 0 atom stereocenters. The van der Waals surface area contributed by atoms with E-state index >= 15 is 0 Å². The Morgan fingerprint density at radius 1 is 1.19 bits per heavy atom. The molecule has 0 aliphatic heterocycles. The van der Waals surface area contributed by atoms with Crippen LogP contribution in [0.4, 0.5) is 10.7 Å². The predicted molar refractivity (Wildman–Crippen MR) is 121 cm³/mol. The minimum Gasteiger partial charge on any atom is -0.476 e. The molecule has 0 spiro atoms. The molecule has 3 heterocycles.